The van der Waals surface area contributed by atoms with E-state index in [0.29, 0.717) is 11.3 Å². The molecule has 1 aromatic carbocycles. The molecule has 1 N–H and O–H groups in total. The number of carbonyl (C=O) groups is 3. The summed E-state index contributed by atoms with van der Waals surface area (Å²) in [4.78, 5) is 39.2. The number of aromatic nitrogens is 1. The van der Waals surface area contributed by atoms with Crippen molar-refractivity contribution in [3.63, 3.8) is 0 Å². The Morgan fingerprint density at radius 2 is 1.86 bits per heavy atom. The number of halogens is 3. The van der Waals surface area contributed by atoms with Crippen LogP contribution < -0.4 is 10.1 Å². The second kappa shape index (κ2) is 9.18. The summed E-state index contributed by atoms with van der Waals surface area (Å²) in [6, 6.07) is 8.50. The normalized spacial score (nSPS) is 12.0. The lowest BCUT2D eigenvalue weighted by Gasteiger charge is -2.14. The second-order valence-corrected chi connectivity index (χ2v) is 5.96. The number of alkyl halides is 3. The zero-order chi connectivity index (χ0) is 21.6. The van der Waals surface area contributed by atoms with Gasteiger partial charge in [-0.2, -0.15) is 13.2 Å². The molecule has 1 heterocycles. The van der Waals surface area contributed by atoms with Gasteiger partial charge >= 0.3 is 12.1 Å². The lowest BCUT2D eigenvalue weighted by molar-refractivity contribution is -0.154. The van der Waals surface area contributed by atoms with Gasteiger partial charge in [-0.15, -0.1) is 0 Å². The molecule has 0 spiro atoms. The number of anilines is 1. The Morgan fingerprint density at radius 1 is 1.14 bits per heavy atom. The molecule has 0 bridgehead atoms. The van der Waals surface area contributed by atoms with Crippen molar-refractivity contribution in [2.75, 3.05) is 11.9 Å². The van der Waals surface area contributed by atoms with Crippen LogP contribution in [0, 0.1) is 0 Å². The van der Waals surface area contributed by atoms with Crippen LogP contribution in [0.4, 0.5) is 18.9 Å². The first-order valence-corrected chi connectivity index (χ1v) is 8.33. The van der Waals surface area contributed by atoms with E-state index in [4.69, 9.17) is 4.74 Å². The van der Waals surface area contributed by atoms with Gasteiger partial charge in [-0.3, -0.25) is 9.59 Å². The van der Waals surface area contributed by atoms with Gasteiger partial charge in [-0.25, -0.2) is 9.78 Å². The van der Waals surface area contributed by atoms with E-state index >= 15 is 0 Å². The predicted molar refractivity (Wildman–Crippen MR) is 95.7 cm³/mol. The number of amides is 1. The summed E-state index contributed by atoms with van der Waals surface area (Å²) < 4.78 is 45.8. The highest BCUT2D eigenvalue weighted by atomic mass is 19.4. The molecule has 0 saturated carbocycles. The topological polar surface area (TPSA) is 94.6 Å². The third kappa shape index (κ3) is 6.91. The highest BCUT2D eigenvalue weighted by Crippen LogP contribution is 2.17. The molecule has 1 unspecified atom stereocenters. The minimum atomic E-state index is -4.51. The second-order valence-electron chi connectivity index (χ2n) is 5.96. The largest absolute Gasteiger partial charge is 0.468 e. The predicted octanol–water partition coefficient (Wildman–Crippen LogP) is 3.41. The van der Waals surface area contributed by atoms with Crippen LogP contribution >= 0.6 is 0 Å². The first kappa shape index (κ1) is 21.9. The molecule has 0 aliphatic carbocycles. The highest BCUT2D eigenvalue weighted by molar-refractivity contribution is 5.99. The van der Waals surface area contributed by atoms with Crippen molar-refractivity contribution in [2.24, 2.45) is 0 Å². The first-order valence-electron chi connectivity index (χ1n) is 8.33. The van der Waals surface area contributed by atoms with Crippen molar-refractivity contribution in [2.45, 2.75) is 26.1 Å². The monoisotopic (exact) mass is 410 g/mol. The molecule has 10 heteroatoms. The van der Waals surface area contributed by atoms with Gasteiger partial charge in [-0.05, 0) is 32.0 Å². The number of rotatable bonds is 7. The number of nitrogens with one attached hydrogen (secondary N) is 1. The SMILES string of the molecule is CC(=O)c1cccc(NC(=O)C(C)OC(=O)c2ccc(OCC(F)(F)F)nc2)c1. The number of Topliss-reactive ketones (excluding diaryl/α,β-unsaturated/α-hetero) is 1. The number of esters is 1. The standard InChI is InChI=1S/C19H17F3N2O5/c1-11(25)13-4-3-5-15(8-13)24-17(26)12(2)29-18(27)14-6-7-16(23-9-14)28-10-19(20,21)22/h3-9,12H,10H2,1-2H3,(H,24,26). The van der Waals surface area contributed by atoms with Crippen molar-refractivity contribution < 1.29 is 37.0 Å². The Kier molecular flexibility index (Phi) is 6.92. The lowest BCUT2D eigenvalue weighted by Crippen LogP contribution is -2.30. The van der Waals surface area contributed by atoms with Crippen LogP contribution in [0.5, 0.6) is 5.88 Å². The molecule has 1 amide bonds. The van der Waals surface area contributed by atoms with Gasteiger partial charge < -0.3 is 14.8 Å². The van der Waals surface area contributed by atoms with Crippen LogP contribution in [-0.2, 0) is 9.53 Å². The molecule has 0 radical (unpaired) electrons. The van der Waals surface area contributed by atoms with Crippen LogP contribution in [0.25, 0.3) is 0 Å². The van der Waals surface area contributed by atoms with Crippen molar-refractivity contribution in [3.05, 3.63) is 53.7 Å². The minimum Gasteiger partial charge on any atom is -0.468 e. The maximum Gasteiger partial charge on any atom is 0.422 e. The molecule has 2 aromatic rings. The Labute approximate surface area is 163 Å². The average Bonchev–Trinajstić information content (AvgIpc) is 2.66. The number of pyridine rings is 1. The zero-order valence-electron chi connectivity index (χ0n) is 15.4. The minimum absolute atomic E-state index is 0.0671. The lowest BCUT2D eigenvalue weighted by atomic mass is 10.1. The Balaban J connectivity index is 1.93. The van der Waals surface area contributed by atoms with Crippen LogP contribution in [0.2, 0.25) is 0 Å². The summed E-state index contributed by atoms with van der Waals surface area (Å²) in [5.41, 5.74) is 0.701. The molecule has 1 atom stereocenters. The molecular formula is C19H17F3N2O5. The fourth-order valence-corrected chi connectivity index (χ4v) is 2.08. The van der Waals surface area contributed by atoms with Gasteiger partial charge in [0.1, 0.15) is 0 Å². The molecule has 0 fully saturated rings. The van der Waals surface area contributed by atoms with E-state index in [9.17, 15) is 27.6 Å². The quantitative estimate of drug-likeness (QED) is 0.555. The van der Waals surface area contributed by atoms with Crippen LogP contribution in [0.1, 0.15) is 34.6 Å². The molecule has 0 aliphatic rings. The van der Waals surface area contributed by atoms with E-state index in [0.717, 1.165) is 12.3 Å². The van der Waals surface area contributed by atoms with Crippen LogP contribution in [0.15, 0.2) is 42.6 Å². The summed E-state index contributed by atoms with van der Waals surface area (Å²) in [6.45, 7) is 1.22. The molecule has 154 valence electrons. The van der Waals surface area contributed by atoms with Crippen molar-refractivity contribution in [1.29, 1.82) is 0 Å². The van der Waals surface area contributed by atoms with E-state index in [-0.39, 0.29) is 17.2 Å². The van der Waals surface area contributed by atoms with Crippen molar-refractivity contribution in [3.8, 4) is 5.88 Å². The van der Waals surface area contributed by atoms with Gasteiger partial charge in [0.15, 0.2) is 18.5 Å². The van der Waals surface area contributed by atoms with E-state index in [1.54, 1.807) is 18.2 Å². The summed E-state index contributed by atoms with van der Waals surface area (Å²) in [6.07, 6.45) is -4.70. The number of nitrogens with zero attached hydrogens (tertiary/aromatic N) is 1. The summed E-state index contributed by atoms with van der Waals surface area (Å²) >= 11 is 0. The van der Waals surface area contributed by atoms with Gasteiger partial charge in [0, 0.05) is 23.5 Å². The van der Waals surface area contributed by atoms with Crippen molar-refractivity contribution in [1.82, 2.24) is 4.98 Å². The molecule has 1 aromatic heterocycles. The summed E-state index contributed by atoms with van der Waals surface area (Å²) in [5, 5.41) is 2.52. The third-order valence-electron chi connectivity index (χ3n) is 3.55. The van der Waals surface area contributed by atoms with E-state index in [1.807, 2.05) is 0 Å². The maximum atomic E-state index is 12.2. The number of hydrogen-bond acceptors (Lipinski definition) is 6. The Bertz CT molecular complexity index is 897. The number of ether oxygens (including phenoxy) is 2. The van der Waals surface area contributed by atoms with E-state index in [2.05, 4.69) is 15.0 Å². The smallest absolute Gasteiger partial charge is 0.422 e. The van der Waals surface area contributed by atoms with E-state index in [1.165, 1.54) is 26.0 Å². The van der Waals surface area contributed by atoms with E-state index < -0.39 is 30.8 Å². The van der Waals surface area contributed by atoms with Gasteiger partial charge in [-0.1, -0.05) is 12.1 Å². The zero-order valence-corrected chi connectivity index (χ0v) is 15.4. The Hall–Kier alpha value is -3.43. The molecular weight excluding hydrogens is 393 g/mol. The number of hydrogen-bond donors (Lipinski definition) is 1. The van der Waals surface area contributed by atoms with Crippen molar-refractivity contribution >= 4 is 23.3 Å². The molecule has 7 nitrogen and oxygen atoms in total. The van der Waals surface area contributed by atoms with Crippen LogP contribution in [0.3, 0.4) is 0 Å². The molecule has 0 saturated heterocycles. The summed E-state index contributed by atoms with van der Waals surface area (Å²) in [7, 11) is 0. The number of carbonyl (C=O) groups excluding carboxylic acids is 3. The van der Waals surface area contributed by atoms with Gasteiger partial charge in [0.05, 0.1) is 5.56 Å². The number of ketones is 1. The Morgan fingerprint density at radius 3 is 2.45 bits per heavy atom. The molecule has 2 rings (SSSR count). The molecule has 29 heavy (non-hydrogen) atoms. The summed E-state index contributed by atoms with van der Waals surface area (Å²) in [5.74, 6) is -2.00. The number of benzene rings is 1. The fourth-order valence-electron chi connectivity index (χ4n) is 2.08. The highest BCUT2D eigenvalue weighted by Gasteiger charge is 2.28. The van der Waals surface area contributed by atoms with Gasteiger partial charge in [0.2, 0.25) is 5.88 Å². The van der Waals surface area contributed by atoms with Crippen LogP contribution in [-0.4, -0.2) is 41.5 Å². The third-order valence-corrected chi connectivity index (χ3v) is 3.55. The fraction of sp³-hybridized carbons (Fsp3) is 0.263. The molecule has 0 aliphatic heterocycles. The maximum absolute atomic E-state index is 12.2. The van der Waals surface area contributed by atoms with Gasteiger partial charge in [0.25, 0.3) is 5.91 Å². The average molecular weight is 410 g/mol. The first-order chi connectivity index (χ1) is 13.5.